The maximum absolute atomic E-state index is 2.65. The first-order valence-electron chi connectivity index (χ1n) is 57.5. The molecule has 0 aromatic carbocycles. The van der Waals surface area contributed by atoms with Gasteiger partial charge in [0.05, 0.1) is 0 Å². The highest BCUT2D eigenvalue weighted by Gasteiger charge is 2.66. The second-order valence-electron chi connectivity index (χ2n) is 49.8. The SMILES string of the molecule is C1CCC1.C1CCC1.C1CCC1.C1CCC1.C1CCC1.C1CCC1.C1CCC1.C1CCC1.C1CCC1.C1CCC1.C1CCC1.C1CCC1.C1CCC1.C1CCC1.C1CCC1.CC1CC(C)C1.CCCCCCCCCCCCCCCCCCC(C)(C)C(C)(C)C(C)(C)C1CC(C(C)(C)C(C)(C)C(C)(C)C(C)(C)C(C)(C)C(C)(C)C(C)(C)C(C)C)C1. The van der Waals surface area contributed by atoms with Gasteiger partial charge in [0.15, 0.2) is 0 Å². The second kappa shape index (κ2) is 69.8. The molecule has 121 heavy (non-hydrogen) atoms. The van der Waals surface area contributed by atoms with Crippen molar-refractivity contribution in [3.63, 3.8) is 0 Å². The molecule has 0 aromatic rings. The largest absolute Gasteiger partial charge is 0.0654 e. The van der Waals surface area contributed by atoms with Gasteiger partial charge >= 0.3 is 0 Å². The van der Waals surface area contributed by atoms with Crippen LogP contribution in [0.1, 0.15) is 693 Å². The molecule has 726 valence electrons. The summed E-state index contributed by atoms with van der Waals surface area (Å²) in [4.78, 5) is 0. The third kappa shape index (κ3) is 48.8. The Morgan fingerprint density at radius 2 is 0.331 bits per heavy atom. The van der Waals surface area contributed by atoms with Gasteiger partial charge in [-0.15, -0.1) is 0 Å². The molecule has 0 heterocycles. The number of rotatable bonds is 28. The van der Waals surface area contributed by atoms with Crippen LogP contribution in [0.3, 0.4) is 0 Å². The fraction of sp³-hybridized carbons (Fsp3) is 1.00. The molecule has 0 radical (unpaired) electrons. The lowest BCUT2D eigenvalue weighted by atomic mass is 9.34. The van der Waals surface area contributed by atoms with E-state index in [9.17, 15) is 0 Å². The van der Waals surface area contributed by atoms with E-state index in [1.54, 1.807) is 0 Å². The van der Waals surface area contributed by atoms with Gasteiger partial charge in [0.25, 0.3) is 0 Å². The van der Waals surface area contributed by atoms with Crippen molar-refractivity contribution in [2.45, 2.75) is 693 Å². The maximum atomic E-state index is 2.65. The van der Waals surface area contributed by atoms with E-state index in [0.29, 0.717) is 16.7 Å². The van der Waals surface area contributed by atoms with Crippen molar-refractivity contribution in [2.75, 3.05) is 0 Å². The summed E-state index contributed by atoms with van der Waals surface area (Å²) in [6, 6.07) is 0. The first-order chi connectivity index (χ1) is 57.5. The zero-order valence-corrected chi connectivity index (χ0v) is 90.2. The molecule has 0 atom stereocenters. The van der Waals surface area contributed by atoms with Gasteiger partial charge in [0, 0.05) is 0 Å². The Morgan fingerprint density at radius 1 is 0.182 bits per heavy atom. The molecule has 0 N–H and O–H groups in total. The van der Waals surface area contributed by atoms with Crippen LogP contribution >= 0.6 is 0 Å². The van der Waals surface area contributed by atoms with Gasteiger partial charge in [-0.25, -0.2) is 0 Å². The fourth-order valence-corrected chi connectivity index (χ4v) is 16.8. The monoisotopic (exact) mass is 1700 g/mol. The summed E-state index contributed by atoms with van der Waals surface area (Å²) in [7, 11) is 0. The molecular weight excluding hydrogens is 1450 g/mol. The molecule has 17 fully saturated rings. The Hall–Kier alpha value is 0. The first-order valence-corrected chi connectivity index (χ1v) is 57.5. The highest BCUT2D eigenvalue weighted by atomic mass is 14.7. The zero-order chi connectivity index (χ0) is 90.2. The van der Waals surface area contributed by atoms with Crippen molar-refractivity contribution < 1.29 is 0 Å². The zero-order valence-electron chi connectivity index (χ0n) is 90.2. The summed E-state index contributed by atoms with van der Waals surface area (Å²) in [5, 5.41) is 0. The van der Waals surface area contributed by atoms with Crippen molar-refractivity contribution in [1.29, 1.82) is 0 Å². The average molecular weight is 1700 g/mol. The Labute approximate surface area is 772 Å². The molecule has 0 bridgehead atoms. The highest BCUT2D eigenvalue weighted by Crippen LogP contribution is 2.73. The van der Waals surface area contributed by atoms with Crippen LogP contribution in [-0.2, 0) is 0 Å². The van der Waals surface area contributed by atoms with Crippen molar-refractivity contribution in [2.24, 2.45) is 83.7 Å². The summed E-state index contributed by atoms with van der Waals surface area (Å²) in [5.41, 5.74) is 2.05. The average Bonchev–Trinajstić information content (AvgIpc) is 0.691. The molecule has 17 rings (SSSR count). The fourth-order valence-electron chi connectivity index (χ4n) is 16.8. The van der Waals surface area contributed by atoms with Crippen LogP contribution in [0.4, 0.5) is 0 Å². The van der Waals surface area contributed by atoms with Crippen molar-refractivity contribution in [3.05, 3.63) is 0 Å². The lowest BCUT2D eigenvalue weighted by Crippen LogP contribution is -2.64. The predicted molar refractivity (Wildman–Crippen MR) is 558 cm³/mol. The summed E-state index contributed by atoms with van der Waals surface area (Å²) in [6.45, 7) is 64.1. The summed E-state index contributed by atoms with van der Waals surface area (Å²) < 4.78 is 0. The molecule has 17 aliphatic carbocycles. The summed E-state index contributed by atoms with van der Waals surface area (Å²) >= 11 is 0. The molecule has 17 saturated carbocycles. The number of hydrogen-bond acceptors (Lipinski definition) is 0. The lowest BCUT2D eigenvalue weighted by molar-refractivity contribution is -0.219. The first kappa shape index (κ1) is 119. The normalized spacial score (nSPS) is 22.8. The van der Waals surface area contributed by atoms with E-state index in [-0.39, 0.29) is 43.3 Å². The highest BCUT2D eigenvalue weighted by molar-refractivity contribution is 5.15. The van der Waals surface area contributed by atoms with Crippen LogP contribution in [0.25, 0.3) is 0 Å². The third-order valence-corrected chi connectivity index (χ3v) is 38.7. The van der Waals surface area contributed by atoms with Gasteiger partial charge in [0.2, 0.25) is 0 Å². The minimum absolute atomic E-state index is 0.109. The molecular formula is C121H242. The molecule has 0 amide bonds. The molecule has 0 unspecified atom stereocenters. The van der Waals surface area contributed by atoms with Crippen LogP contribution < -0.4 is 0 Å². The smallest absolute Gasteiger partial charge is 0.0241 e. The van der Waals surface area contributed by atoms with Crippen LogP contribution in [0.2, 0.25) is 0 Å². The number of hydrogen-bond donors (Lipinski definition) is 0. The van der Waals surface area contributed by atoms with Gasteiger partial charge in [-0.2, -0.15) is 0 Å². The van der Waals surface area contributed by atoms with Crippen LogP contribution in [0, 0.1) is 83.7 Å². The third-order valence-electron chi connectivity index (χ3n) is 38.7. The standard InChI is InChI=1S/C55H110.C6H12.15C4H8/c1-24-25-26-27-28-29-30-31-32-33-34-35-36-37-38-39-40-46(4,5)50(12,13)48(8,9)44-41-45(42-44)49(10,11)52(16,17)54(20,21)55(22,23)53(18,19)51(14,15)47(6,7)43(2)3;1-5-3-6(2)4-5;15*1-2-4-3-1/h43-45H,24-42H2,1-23H3;5-6H,3-4H2,1-2H3;15*1-4H2. The second-order valence-corrected chi connectivity index (χ2v) is 49.8. The topological polar surface area (TPSA) is 0 Å². The van der Waals surface area contributed by atoms with Crippen molar-refractivity contribution >= 4 is 0 Å². The van der Waals surface area contributed by atoms with Crippen molar-refractivity contribution in [1.82, 2.24) is 0 Å². The van der Waals surface area contributed by atoms with Crippen molar-refractivity contribution in [3.8, 4) is 0 Å². The van der Waals surface area contributed by atoms with E-state index in [1.807, 2.05) is 0 Å². The quantitative estimate of drug-likeness (QED) is 0.0685. The molecule has 0 aromatic heterocycles. The Morgan fingerprint density at radius 3 is 0.479 bits per heavy atom. The summed E-state index contributed by atoms with van der Waals surface area (Å²) in [6.07, 6.45) is 120. The minimum Gasteiger partial charge on any atom is -0.0654 e. The Bertz CT molecular complexity index is 1860. The Kier molecular flexibility index (Phi) is 68.7. The van der Waals surface area contributed by atoms with E-state index in [2.05, 4.69) is 173 Å². The summed E-state index contributed by atoms with van der Waals surface area (Å²) in [5.74, 6) is 4.28. The molecule has 0 heteroatoms. The van der Waals surface area contributed by atoms with Gasteiger partial charge in [-0.05, 0) is 116 Å². The minimum atomic E-state index is 0.109. The van der Waals surface area contributed by atoms with Gasteiger partial charge < -0.3 is 0 Å². The van der Waals surface area contributed by atoms with Crippen LogP contribution in [-0.4, -0.2) is 0 Å². The van der Waals surface area contributed by atoms with E-state index in [4.69, 9.17) is 0 Å². The van der Waals surface area contributed by atoms with Gasteiger partial charge in [-0.1, -0.05) is 661 Å². The van der Waals surface area contributed by atoms with E-state index >= 15 is 0 Å². The van der Waals surface area contributed by atoms with Crippen LogP contribution in [0.15, 0.2) is 0 Å². The molecule has 17 aliphatic rings. The van der Waals surface area contributed by atoms with Crippen LogP contribution in [0.5, 0.6) is 0 Å². The molecule has 0 saturated heterocycles. The maximum Gasteiger partial charge on any atom is -0.0241 e. The van der Waals surface area contributed by atoms with Gasteiger partial charge in [0.1, 0.15) is 0 Å². The van der Waals surface area contributed by atoms with E-state index < -0.39 is 0 Å². The lowest BCUT2D eigenvalue weighted by Gasteiger charge is -2.70. The molecule has 0 aliphatic heterocycles. The van der Waals surface area contributed by atoms with E-state index in [1.165, 1.54) is 520 Å². The molecule has 0 spiro atoms. The predicted octanol–water partition coefficient (Wildman–Crippen LogP) is 45.0. The number of unbranched alkanes of at least 4 members (excludes halogenated alkanes) is 15. The van der Waals surface area contributed by atoms with Gasteiger partial charge in [-0.3, -0.25) is 0 Å². The molecule has 0 nitrogen and oxygen atoms in total. The van der Waals surface area contributed by atoms with E-state index in [0.717, 1.165) is 23.7 Å². The Balaban J connectivity index is 0.000000846.